The van der Waals surface area contributed by atoms with E-state index in [1.807, 2.05) is 37.3 Å². The van der Waals surface area contributed by atoms with Crippen LogP contribution >= 0.6 is 0 Å². The average Bonchev–Trinajstić information content (AvgIpc) is 3.30. The van der Waals surface area contributed by atoms with Crippen LogP contribution < -0.4 is 5.32 Å². The molecule has 1 aliphatic rings. The first-order valence-corrected chi connectivity index (χ1v) is 7.88. The summed E-state index contributed by atoms with van der Waals surface area (Å²) < 4.78 is 0. The Balaban J connectivity index is 1.94. The highest BCUT2D eigenvalue weighted by Crippen LogP contribution is 2.40. The molecule has 0 saturated heterocycles. The van der Waals surface area contributed by atoms with Gasteiger partial charge in [-0.15, -0.1) is 0 Å². The van der Waals surface area contributed by atoms with Gasteiger partial charge in [0.2, 0.25) is 5.91 Å². The van der Waals surface area contributed by atoms with Gasteiger partial charge in [0.15, 0.2) is 0 Å². The number of carbonyl (C=O) groups is 2. The van der Waals surface area contributed by atoms with E-state index in [0.29, 0.717) is 12.5 Å². The normalized spacial score (nSPS) is 15.5. The summed E-state index contributed by atoms with van der Waals surface area (Å²) in [4.78, 5) is 24.8. The highest BCUT2D eigenvalue weighted by Gasteiger charge is 2.33. The summed E-state index contributed by atoms with van der Waals surface area (Å²) in [5, 5.41) is 12.0. The molecule has 1 fully saturated rings. The fourth-order valence-electron chi connectivity index (χ4n) is 2.71. The molecule has 1 aromatic carbocycles. The van der Waals surface area contributed by atoms with E-state index >= 15 is 0 Å². The lowest BCUT2D eigenvalue weighted by Crippen LogP contribution is -2.41. The Labute approximate surface area is 131 Å². The molecule has 1 aromatic rings. The van der Waals surface area contributed by atoms with Gasteiger partial charge in [0.05, 0.1) is 19.1 Å². The Morgan fingerprint density at radius 3 is 2.50 bits per heavy atom. The molecule has 0 spiro atoms. The third-order valence-electron chi connectivity index (χ3n) is 3.83. The number of amides is 1. The van der Waals surface area contributed by atoms with E-state index in [4.69, 9.17) is 5.11 Å². The third kappa shape index (κ3) is 5.15. The largest absolute Gasteiger partial charge is 0.480 e. The standard InChI is InChI=1S/C17H24N2O3/c1-2-10-19(12-16(21)22)11-15(20)18-17(14-8-9-14)13-6-4-3-5-7-13/h3-7,14,17H,2,8-12H2,1H3,(H,18,20)(H,21,22). The van der Waals surface area contributed by atoms with Crippen LogP contribution in [-0.2, 0) is 9.59 Å². The predicted octanol–water partition coefficient (Wildman–Crippen LogP) is 2.05. The van der Waals surface area contributed by atoms with Crippen LogP contribution in [0, 0.1) is 5.92 Å². The molecule has 0 aromatic heterocycles. The second-order valence-electron chi connectivity index (χ2n) is 5.90. The molecule has 0 aliphatic heterocycles. The van der Waals surface area contributed by atoms with Crippen LogP contribution in [-0.4, -0.2) is 41.5 Å². The van der Waals surface area contributed by atoms with Gasteiger partial charge in [0.1, 0.15) is 0 Å². The number of hydrogen-bond donors (Lipinski definition) is 2. The third-order valence-corrected chi connectivity index (χ3v) is 3.83. The van der Waals surface area contributed by atoms with Crippen LogP contribution in [0.5, 0.6) is 0 Å². The fourth-order valence-corrected chi connectivity index (χ4v) is 2.71. The molecule has 1 amide bonds. The van der Waals surface area contributed by atoms with Gasteiger partial charge < -0.3 is 10.4 Å². The van der Waals surface area contributed by atoms with Gasteiger partial charge in [-0.1, -0.05) is 37.3 Å². The summed E-state index contributed by atoms with van der Waals surface area (Å²) in [6, 6.07) is 10.0. The molecule has 0 radical (unpaired) electrons. The molecular formula is C17H24N2O3. The molecule has 1 unspecified atom stereocenters. The predicted molar refractivity (Wildman–Crippen MR) is 84.4 cm³/mol. The molecule has 0 heterocycles. The Morgan fingerprint density at radius 2 is 1.95 bits per heavy atom. The van der Waals surface area contributed by atoms with Crippen molar-refractivity contribution in [1.29, 1.82) is 0 Å². The van der Waals surface area contributed by atoms with Crippen molar-refractivity contribution in [2.75, 3.05) is 19.6 Å². The summed E-state index contributed by atoms with van der Waals surface area (Å²) in [5.41, 5.74) is 1.12. The van der Waals surface area contributed by atoms with Gasteiger partial charge in [-0.05, 0) is 37.3 Å². The van der Waals surface area contributed by atoms with Crippen molar-refractivity contribution >= 4 is 11.9 Å². The Hall–Kier alpha value is -1.88. The summed E-state index contributed by atoms with van der Waals surface area (Å²) in [6.45, 7) is 2.62. The van der Waals surface area contributed by atoms with Gasteiger partial charge in [-0.2, -0.15) is 0 Å². The maximum Gasteiger partial charge on any atom is 0.317 e. The van der Waals surface area contributed by atoms with Crippen molar-refractivity contribution in [3.63, 3.8) is 0 Å². The number of nitrogens with one attached hydrogen (secondary N) is 1. The molecule has 1 aliphatic carbocycles. The SMILES string of the molecule is CCCN(CC(=O)O)CC(=O)NC(c1ccccc1)C1CC1. The molecule has 1 atom stereocenters. The van der Waals surface area contributed by atoms with Crippen molar-refractivity contribution < 1.29 is 14.7 Å². The highest BCUT2D eigenvalue weighted by atomic mass is 16.4. The molecule has 2 rings (SSSR count). The zero-order chi connectivity index (χ0) is 15.9. The second kappa shape index (κ2) is 7.94. The Bertz CT molecular complexity index is 500. The zero-order valence-electron chi connectivity index (χ0n) is 13.0. The van der Waals surface area contributed by atoms with E-state index in [1.165, 1.54) is 0 Å². The fraction of sp³-hybridized carbons (Fsp3) is 0.529. The number of benzene rings is 1. The molecule has 2 N–H and O–H groups in total. The van der Waals surface area contributed by atoms with E-state index in [0.717, 1.165) is 24.8 Å². The Kier molecular flexibility index (Phi) is 5.95. The lowest BCUT2D eigenvalue weighted by Gasteiger charge is -2.23. The smallest absolute Gasteiger partial charge is 0.317 e. The molecule has 5 nitrogen and oxygen atoms in total. The van der Waals surface area contributed by atoms with Crippen molar-refractivity contribution in [2.24, 2.45) is 5.92 Å². The quantitative estimate of drug-likeness (QED) is 0.732. The van der Waals surface area contributed by atoms with E-state index < -0.39 is 5.97 Å². The van der Waals surface area contributed by atoms with Gasteiger partial charge >= 0.3 is 5.97 Å². The van der Waals surface area contributed by atoms with Crippen molar-refractivity contribution in [2.45, 2.75) is 32.2 Å². The monoisotopic (exact) mass is 304 g/mol. The minimum absolute atomic E-state index is 0.0435. The first kappa shape index (κ1) is 16.5. The van der Waals surface area contributed by atoms with E-state index in [-0.39, 0.29) is 25.0 Å². The van der Waals surface area contributed by atoms with Crippen LogP contribution in [0.1, 0.15) is 37.8 Å². The molecule has 1 saturated carbocycles. The van der Waals surface area contributed by atoms with Gasteiger partial charge in [-0.3, -0.25) is 14.5 Å². The van der Waals surface area contributed by atoms with Crippen LogP contribution in [0.25, 0.3) is 0 Å². The van der Waals surface area contributed by atoms with Crippen LogP contribution in [0.3, 0.4) is 0 Å². The first-order valence-electron chi connectivity index (χ1n) is 7.88. The van der Waals surface area contributed by atoms with Gasteiger partial charge in [0.25, 0.3) is 0 Å². The summed E-state index contributed by atoms with van der Waals surface area (Å²) in [5.74, 6) is -0.496. The number of carboxylic acid groups (broad SMARTS) is 1. The number of aliphatic carboxylic acids is 1. The molecule has 120 valence electrons. The zero-order valence-corrected chi connectivity index (χ0v) is 13.0. The number of hydrogen-bond acceptors (Lipinski definition) is 3. The van der Waals surface area contributed by atoms with E-state index in [2.05, 4.69) is 5.32 Å². The highest BCUT2D eigenvalue weighted by molar-refractivity contribution is 5.79. The van der Waals surface area contributed by atoms with Crippen LogP contribution in [0.2, 0.25) is 0 Å². The maximum atomic E-state index is 12.3. The minimum Gasteiger partial charge on any atom is -0.480 e. The molecular weight excluding hydrogens is 280 g/mol. The topological polar surface area (TPSA) is 69.6 Å². The average molecular weight is 304 g/mol. The Morgan fingerprint density at radius 1 is 1.27 bits per heavy atom. The summed E-state index contributed by atoms with van der Waals surface area (Å²) in [6.07, 6.45) is 3.09. The number of rotatable bonds is 9. The summed E-state index contributed by atoms with van der Waals surface area (Å²) in [7, 11) is 0. The molecule has 22 heavy (non-hydrogen) atoms. The lowest BCUT2D eigenvalue weighted by molar-refractivity contribution is -0.138. The van der Waals surface area contributed by atoms with Crippen molar-refractivity contribution in [3.8, 4) is 0 Å². The second-order valence-corrected chi connectivity index (χ2v) is 5.90. The molecule has 0 bridgehead atoms. The van der Waals surface area contributed by atoms with Crippen LogP contribution in [0.4, 0.5) is 0 Å². The van der Waals surface area contributed by atoms with Crippen molar-refractivity contribution in [1.82, 2.24) is 10.2 Å². The van der Waals surface area contributed by atoms with Crippen molar-refractivity contribution in [3.05, 3.63) is 35.9 Å². The lowest BCUT2D eigenvalue weighted by atomic mass is 10.0. The van der Waals surface area contributed by atoms with Crippen LogP contribution in [0.15, 0.2) is 30.3 Å². The summed E-state index contributed by atoms with van der Waals surface area (Å²) >= 11 is 0. The van der Waals surface area contributed by atoms with Gasteiger partial charge in [-0.25, -0.2) is 0 Å². The maximum absolute atomic E-state index is 12.3. The molecule has 5 heteroatoms. The van der Waals surface area contributed by atoms with E-state index in [1.54, 1.807) is 4.90 Å². The van der Waals surface area contributed by atoms with E-state index in [9.17, 15) is 9.59 Å². The number of carbonyl (C=O) groups excluding carboxylic acids is 1. The first-order chi connectivity index (χ1) is 10.6. The number of carboxylic acids is 1. The van der Waals surface area contributed by atoms with Gasteiger partial charge in [0, 0.05) is 0 Å². The number of nitrogens with zero attached hydrogens (tertiary/aromatic N) is 1. The minimum atomic E-state index is -0.900.